The minimum Gasteiger partial charge on any atom is -0.352 e. The fourth-order valence-corrected chi connectivity index (χ4v) is 3.97. The predicted octanol–water partition coefficient (Wildman–Crippen LogP) is 1.71. The van der Waals surface area contributed by atoms with E-state index in [-0.39, 0.29) is 11.8 Å². The number of nitrogens with zero attached hydrogens (tertiary/aromatic N) is 4. The highest BCUT2D eigenvalue weighted by Crippen LogP contribution is 2.48. The zero-order valence-corrected chi connectivity index (χ0v) is 12.4. The summed E-state index contributed by atoms with van der Waals surface area (Å²) in [6.07, 6.45) is 9.66. The third kappa shape index (κ3) is 2.38. The van der Waals surface area contributed by atoms with E-state index in [9.17, 15) is 4.79 Å². The molecule has 2 aromatic heterocycles. The van der Waals surface area contributed by atoms with Crippen molar-refractivity contribution in [1.82, 2.24) is 25.1 Å². The van der Waals surface area contributed by atoms with E-state index in [0.29, 0.717) is 18.3 Å². The lowest BCUT2D eigenvalue weighted by molar-refractivity contribution is -0.126. The van der Waals surface area contributed by atoms with Crippen LogP contribution in [0, 0.1) is 17.8 Å². The zero-order chi connectivity index (χ0) is 14.9. The van der Waals surface area contributed by atoms with E-state index < -0.39 is 0 Å². The number of amides is 1. The average Bonchev–Trinajstić information content (AvgIpc) is 3.29. The van der Waals surface area contributed by atoms with Crippen LogP contribution in [0.1, 0.15) is 31.2 Å². The van der Waals surface area contributed by atoms with Gasteiger partial charge in [0.05, 0.1) is 0 Å². The Morgan fingerprint density at radius 2 is 2.32 bits per heavy atom. The molecule has 2 bridgehead atoms. The van der Waals surface area contributed by atoms with Crippen molar-refractivity contribution in [1.29, 1.82) is 0 Å². The number of hydrogen-bond acceptors (Lipinski definition) is 4. The maximum absolute atomic E-state index is 12.4. The largest absolute Gasteiger partial charge is 0.352 e. The molecule has 1 amide bonds. The van der Waals surface area contributed by atoms with Gasteiger partial charge in [-0.05, 0) is 37.2 Å². The van der Waals surface area contributed by atoms with Gasteiger partial charge in [0.15, 0.2) is 5.82 Å². The lowest BCUT2D eigenvalue weighted by Gasteiger charge is -2.21. The number of carbonyl (C=O) groups is 1. The van der Waals surface area contributed by atoms with Crippen molar-refractivity contribution in [2.24, 2.45) is 17.8 Å². The molecule has 6 heteroatoms. The van der Waals surface area contributed by atoms with Gasteiger partial charge < -0.3 is 5.32 Å². The topological polar surface area (TPSA) is 72.7 Å². The second-order valence-electron chi connectivity index (χ2n) is 6.33. The Kier molecular flexibility index (Phi) is 3.36. The van der Waals surface area contributed by atoms with Crippen LogP contribution in [0.3, 0.4) is 0 Å². The quantitative estimate of drug-likeness (QED) is 0.932. The van der Waals surface area contributed by atoms with Crippen LogP contribution in [0.25, 0.3) is 5.82 Å². The molecule has 22 heavy (non-hydrogen) atoms. The highest BCUT2D eigenvalue weighted by atomic mass is 16.1. The number of carbonyl (C=O) groups excluding carboxylic acids is 1. The number of nitrogens with one attached hydrogen (secondary N) is 1. The molecule has 0 unspecified atom stereocenters. The maximum Gasteiger partial charge on any atom is 0.223 e. The summed E-state index contributed by atoms with van der Waals surface area (Å²) in [6.45, 7) is 0.482. The molecule has 0 radical (unpaired) electrons. The number of pyridine rings is 1. The highest BCUT2D eigenvalue weighted by Gasteiger charge is 2.42. The molecule has 1 N–H and O–H groups in total. The van der Waals surface area contributed by atoms with Crippen LogP contribution < -0.4 is 5.32 Å². The Bertz CT molecular complexity index is 669. The van der Waals surface area contributed by atoms with E-state index in [1.807, 2.05) is 12.1 Å². The van der Waals surface area contributed by atoms with Gasteiger partial charge in [0, 0.05) is 24.2 Å². The normalized spacial score (nSPS) is 26.3. The molecule has 3 atom stereocenters. The molecule has 2 aliphatic rings. The molecule has 2 heterocycles. The molecule has 0 aromatic carbocycles. The molecule has 2 aromatic rings. The number of rotatable bonds is 4. The highest BCUT2D eigenvalue weighted by molar-refractivity contribution is 5.79. The fraction of sp³-hybridized carbons (Fsp3) is 0.500. The van der Waals surface area contributed by atoms with Crippen LogP contribution in [0.4, 0.5) is 0 Å². The fourth-order valence-electron chi connectivity index (χ4n) is 3.97. The minimum absolute atomic E-state index is 0.195. The van der Waals surface area contributed by atoms with Crippen molar-refractivity contribution in [2.75, 3.05) is 0 Å². The third-order valence-electron chi connectivity index (χ3n) is 5.03. The molecular formula is C16H19N5O. The summed E-state index contributed by atoms with van der Waals surface area (Å²) < 4.78 is 1.62. The van der Waals surface area contributed by atoms with Gasteiger partial charge in [0.1, 0.15) is 12.7 Å². The molecule has 2 fully saturated rings. The van der Waals surface area contributed by atoms with E-state index in [1.54, 1.807) is 17.2 Å². The summed E-state index contributed by atoms with van der Waals surface area (Å²) in [7, 11) is 0. The van der Waals surface area contributed by atoms with Crippen molar-refractivity contribution < 1.29 is 4.79 Å². The first kappa shape index (κ1) is 13.4. The molecule has 0 spiro atoms. The molecule has 0 aliphatic heterocycles. The number of fused-ring (bicyclic) bond motifs is 2. The molecule has 2 aliphatic carbocycles. The van der Waals surface area contributed by atoms with Crippen molar-refractivity contribution >= 4 is 5.91 Å². The second-order valence-corrected chi connectivity index (χ2v) is 6.33. The van der Waals surface area contributed by atoms with Gasteiger partial charge in [0.25, 0.3) is 0 Å². The summed E-state index contributed by atoms with van der Waals surface area (Å²) in [5, 5.41) is 7.20. The van der Waals surface area contributed by atoms with Crippen LogP contribution in [-0.2, 0) is 11.3 Å². The summed E-state index contributed by atoms with van der Waals surface area (Å²) >= 11 is 0. The Morgan fingerprint density at radius 1 is 1.36 bits per heavy atom. The van der Waals surface area contributed by atoms with E-state index >= 15 is 0 Å². The Labute approximate surface area is 129 Å². The zero-order valence-electron chi connectivity index (χ0n) is 12.4. The molecule has 4 rings (SSSR count). The molecule has 6 nitrogen and oxygen atoms in total. The van der Waals surface area contributed by atoms with E-state index in [4.69, 9.17) is 0 Å². The predicted molar refractivity (Wildman–Crippen MR) is 79.9 cm³/mol. The lowest BCUT2D eigenvalue weighted by atomic mass is 9.88. The number of hydrogen-bond donors (Lipinski definition) is 1. The van der Waals surface area contributed by atoms with Crippen LogP contribution in [0.2, 0.25) is 0 Å². The van der Waals surface area contributed by atoms with Gasteiger partial charge >= 0.3 is 0 Å². The van der Waals surface area contributed by atoms with E-state index in [2.05, 4.69) is 20.4 Å². The van der Waals surface area contributed by atoms with Crippen molar-refractivity contribution in [3.63, 3.8) is 0 Å². The van der Waals surface area contributed by atoms with Crippen molar-refractivity contribution in [3.8, 4) is 5.82 Å². The first-order valence-corrected chi connectivity index (χ1v) is 7.88. The summed E-state index contributed by atoms with van der Waals surface area (Å²) in [5.74, 6) is 2.51. The third-order valence-corrected chi connectivity index (χ3v) is 5.03. The van der Waals surface area contributed by atoms with Gasteiger partial charge in [0.2, 0.25) is 5.91 Å². The summed E-state index contributed by atoms with van der Waals surface area (Å²) in [6, 6.07) is 3.84. The molecule has 0 saturated heterocycles. The first-order valence-electron chi connectivity index (χ1n) is 7.88. The van der Waals surface area contributed by atoms with Gasteiger partial charge in [-0.2, -0.15) is 5.10 Å². The van der Waals surface area contributed by atoms with Crippen molar-refractivity contribution in [2.45, 2.75) is 32.2 Å². The van der Waals surface area contributed by atoms with Gasteiger partial charge in [-0.15, -0.1) is 0 Å². The molecule has 2 saturated carbocycles. The van der Waals surface area contributed by atoms with Crippen molar-refractivity contribution in [3.05, 3.63) is 36.5 Å². The first-order chi connectivity index (χ1) is 10.8. The Morgan fingerprint density at radius 3 is 3.05 bits per heavy atom. The van der Waals surface area contributed by atoms with Gasteiger partial charge in [-0.1, -0.05) is 12.5 Å². The number of aromatic nitrogens is 4. The van der Waals surface area contributed by atoms with E-state index in [1.165, 1.54) is 25.6 Å². The lowest BCUT2D eigenvalue weighted by Crippen LogP contribution is -2.33. The average molecular weight is 297 g/mol. The summed E-state index contributed by atoms with van der Waals surface area (Å²) in [4.78, 5) is 20.7. The smallest absolute Gasteiger partial charge is 0.223 e. The van der Waals surface area contributed by atoms with Crippen LogP contribution in [-0.4, -0.2) is 25.7 Å². The Hall–Kier alpha value is -2.24. The van der Waals surface area contributed by atoms with E-state index in [0.717, 1.165) is 17.9 Å². The van der Waals surface area contributed by atoms with Crippen LogP contribution >= 0.6 is 0 Å². The minimum atomic E-state index is 0.195. The monoisotopic (exact) mass is 297 g/mol. The second kappa shape index (κ2) is 5.51. The molecular weight excluding hydrogens is 278 g/mol. The van der Waals surface area contributed by atoms with Gasteiger partial charge in [-0.3, -0.25) is 4.79 Å². The standard InChI is InChI=1S/C16H19N5O/c22-16(14-7-11-3-4-12(14)6-11)19-8-13-2-1-5-18-15(13)21-10-17-9-20-21/h1-2,5,9-12,14H,3-4,6-8H2,(H,19,22)/t11-,12-,14+/m0/s1. The summed E-state index contributed by atoms with van der Waals surface area (Å²) in [5.41, 5.74) is 0.949. The Balaban J connectivity index is 1.45. The maximum atomic E-state index is 12.4. The SMILES string of the molecule is O=C(NCc1cccnc1-n1cncn1)[C@@H]1C[C@H]2CC[C@H]1C2. The molecule has 114 valence electrons. The van der Waals surface area contributed by atoms with Crippen LogP contribution in [0.5, 0.6) is 0 Å². The van der Waals surface area contributed by atoms with Crippen LogP contribution in [0.15, 0.2) is 31.0 Å². The van der Waals surface area contributed by atoms with Gasteiger partial charge in [-0.25, -0.2) is 14.6 Å².